The highest BCUT2D eigenvalue weighted by molar-refractivity contribution is 9.10. The van der Waals surface area contributed by atoms with Crippen LogP contribution in [0.25, 0.3) is 0 Å². The van der Waals surface area contributed by atoms with Crippen molar-refractivity contribution in [3.05, 3.63) is 28.5 Å². The molecule has 0 atom stereocenters. The molecular formula is C10H13BrFNO4S. The van der Waals surface area contributed by atoms with Gasteiger partial charge in [0.15, 0.2) is 0 Å². The Labute approximate surface area is 113 Å². The van der Waals surface area contributed by atoms with Gasteiger partial charge in [-0.1, -0.05) is 0 Å². The van der Waals surface area contributed by atoms with Gasteiger partial charge < -0.3 is 9.47 Å². The summed E-state index contributed by atoms with van der Waals surface area (Å²) in [7, 11) is -3.50. The molecule has 0 fully saturated rings. The second kappa shape index (κ2) is 7.03. The highest BCUT2D eigenvalue weighted by Gasteiger charge is 2.04. The van der Waals surface area contributed by atoms with Gasteiger partial charge in [-0.15, -0.1) is 0 Å². The van der Waals surface area contributed by atoms with Gasteiger partial charge in [0.25, 0.3) is 0 Å². The molecule has 5 nitrogen and oxygen atoms in total. The van der Waals surface area contributed by atoms with Crippen LogP contribution in [0.2, 0.25) is 0 Å². The lowest BCUT2D eigenvalue weighted by molar-refractivity contribution is 0.111. The predicted octanol–water partition coefficient (Wildman–Crippen LogP) is 1.27. The summed E-state index contributed by atoms with van der Waals surface area (Å²) in [5, 5.41) is 4.79. The van der Waals surface area contributed by atoms with Crippen LogP contribution >= 0.6 is 15.9 Å². The third-order valence-electron chi connectivity index (χ3n) is 1.89. The molecule has 0 radical (unpaired) electrons. The van der Waals surface area contributed by atoms with Gasteiger partial charge in [0.1, 0.15) is 18.2 Å². The molecule has 102 valence electrons. The molecule has 0 aliphatic rings. The summed E-state index contributed by atoms with van der Waals surface area (Å²) >= 11 is 3.21. The van der Waals surface area contributed by atoms with E-state index in [0.29, 0.717) is 10.2 Å². The molecule has 0 aromatic heterocycles. The second-order valence-corrected chi connectivity index (χ2v) is 5.99. The van der Waals surface area contributed by atoms with E-state index < -0.39 is 15.8 Å². The van der Waals surface area contributed by atoms with E-state index in [0.717, 1.165) is 0 Å². The van der Waals surface area contributed by atoms with E-state index >= 15 is 0 Å². The number of primary sulfonamides is 1. The SMILES string of the molecule is NS(=O)(=O)CCOCCOc1cc(F)ccc1Br. The summed E-state index contributed by atoms with van der Waals surface area (Å²) in [6.45, 7) is 0.387. The number of nitrogens with two attached hydrogens (primary N) is 1. The molecular weight excluding hydrogens is 329 g/mol. The zero-order chi connectivity index (χ0) is 13.6. The van der Waals surface area contributed by atoms with Crippen molar-refractivity contribution >= 4 is 26.0 Å². The first-order chi connectivity index (χ1) is 8.38. The van der Waals surface area contributed by atoms with Crippen LogP contribution in [0.15, 0.2) is 22.7 Å². The summed E-state index contributed by atoms with van der Waals surface area (Å²) < 4.78 is 45.0. The molecule has 18 heavy (non-hydrogen) atoms. The van der Waals surface area contributed by atoms with Crippen molar-refractivity contribution in [1.82, 2.24) is 0 Å². The molecule has 0 heterocycles. The molecule has 0 saturated heterocycles. The Morgan fingerprint density at radius 1 is 1.28 bits per heavy atom. The molecule has 0 aliphatic carbocycles. The molecule has 0 saturated carbocycles. The highest BCUT2D eigenvalue weighted by Crippen LogP contribution is 2.25. The molecule has 1 aromatic carbocycles. The Morgan fingerprint density at radius 3 is 2.67 bits per heavy atom. The van der Waals surface area contributed by atoms with Gasteiger partial charge in [-0.2, -0.15) is 0 Å². The van der Waals surface area contributed by atoms with Crippen molar-refractivity contribution in [1.29, 1.82) is 0 Å². The van der Waals surface area contributed by atoms with Crippen LogP contribution in [0.3, 0.4) is 0 Å². The van der Waals surface area contributed by atoms with Gasteiger partial charge in [0, 0.05) is 6.07 Å². The summed E-state index contributed by atoms with van der Waals surface area (Å²) in [6.07, 6.45) is 0. The Kier molecular flexibility index (Phi) is 6.00. The van der Waals surface area contributed by atoms with Crippen molar-refractivity contribution < 1.29 is 22.3 Å². The first-order valence-electron chi connectivity index (χ1n) is 5.04. The minimum atomic E-state index is -3.50. The first kappa shape index (κ1) is 15.4. The molecule has 1 rings (SSSR count). The van der Waals surface area contributed by atoms with Crippen LogP contribution < -0.4 is 9.88 Å². The number of sulfonamides is 1. The van der Waals surface area contributed by atoms with E-state index in [1.54, 1.807) is 0 Å². The van der Waals surface area contributed by atoms with Gasteiger partial charge in [0.2, 0.25) is 10.0 Å². The minimum Gasteiger partial charge on any atom is -0.490 e. The molecule has 0 bridgehead atoms. The summed E-state index contributed by atoms with van der Waals surface area (Å²) in [5.74, 6) is -0.273. The molecule has 0 aliphatic heterocycles. The van der Waals surface area contributed by atoms with Gasteiger partial charge >= 0.3 is 0 Å². The molecule has 2 N–H and O–H groups in total. The van der Waals surface area contributed by atoms with Crippen molar-refractivity contribution in [3.8, 4) is 5.75 Å². The van der Waals surface area contributed by atoms with Gasteiger partial charge in [0.05, 0.1) is 23.4 Å². The molecule has 0 amide bonds. The Morgan fingerprint density at radius 2 is 2.00 bits per heavy atom. The van der Waals surface area contributed by atoms with E-state index in [-0.39, 0.29) is 25.6 Å². The fourth-order valence-corrected chi connectivity index (χ4v) is 1.79. The Bertz CT molecular complexity index is 495. The smallest absolute Gasteiger partial charge is 0.211 e. The summed E-state index contributed by atoms with van der Waals surface area (Å²) in [5.41, 5.74) is 0. The maximum Gasteiger partial charge on any atom is 0.211 e. The molecule has 0 unspecified atom stereocenters. The fraction of sp³-hybridized carbons (Fsp3) is 0.400. The number of hydrogen-bond donors (Lipinski definition) is 1. The number of rotatable bonds is 7. The maximum atomic E-state index is 12.9. The van der Waals surface area contributed by atoms with Crippen LogP contribution in [0, 0.1) is 5.82 Å². The lowest BCUT2D eigenvalue weighted by Crippen LogP contribution is -2.21. The normalized spacial score (nSPS) is 11.5. The van der Waals surface area contributed by atoms with E-state index in [9.17, 15) is 12.8 Å². The van der Waals surface area contributed by atoms with Crippen LogP contribution in [0.1, 0.15) is 0 Å². The van der Waals surface area contributed by atoms with Gasteiger partial charge in [-0.25, -0.2) is 17.9 Å². The lowest BCUT2D eigenvalue weighted by Gasteiger charge is -2.08. The van der Waals surface area contributed by atoms with Gasteiger partial charge in [-0.05, 0) is 28.1 Å². The zero-order valence-corrected chi connectivity index (χ0v) is 11.8. The summed E-state index contributed by atoms with van der Waals surface area (Å²) in [4.78, 5) is 0. The summed E-state index contributed by atoms with van der Waals surface area (Å²) in [6, 6.07) is 4.08. The Balaban J connectivity index is 2.24. The lowest BCUT2D eigenvalue weighted by atomic mass is 10.3. The van der Waals surface area contributed by atoms with Crippen LogP contribution in [0.4, 0.5) is 4.39 Å². The number of halogens is 2. The highest BCUT2D eigenvalue weighted by atomic mass is 79.9. The average molecular weight is 342 g/mol. The number of ether oxygens (including phenoxy) is 2. The quantitative estimate of drug-likeness (QED) is 0.757. The van der Waals surface area contributed by atoms with Crippen LogP contribution in [-0.4, -0.2) is 34.0 Å². The molecule has 8 heteroatoms. The standard InChI is InChI=1S/C10H13BrFNO4S/c11-9-2-1-8(12)7-10(9)17-4-3-16-5-6-18(13,14)15/h1-2,7H,3-6H2,(H2,13,14,15). The first-order valence-corrected chi connectivity index (χ1v) is 7.55. The monoisotopic (exact) mass is 341 g/mol. The van der Waals surface area contributed by atoms with Crippen molar-refractivity contribution in [3.63, 3.8) is 0 Å². The third kappa shape index (κ3) is 6.29. The van der Waals surface area contributed by atoms with Crippen LogP contribution in [0.5, 0.6) is 5.75 Å². The average Bonchev–Trinajstić information content (AvgIpc) is 2.26. The van der Waals surface area contributed by atoms with Crippen molar-refractivity contribution in [2.24, 2.45) is 5.14 Å². The predicted molar refractivity (Wildman–Crippen MR) is 68.4 cm³/mol. The van der Waals surface area contributed by atoms with Crippen LogP contribution in [-0.2, 0) is 14.8 Å². The van der Waals surface area contributed by atoms with Crippen molar-refractivity contribution in [2.45, 2.75) is 0 Å². The largest absolute Gasteiger partial charge is 0.490 e. The van der Waals surface area contributed by atoms with E-state index in [2.05, 4.69) is 15.9 Å². The number of benzene rings is 1. The number of hydrogen-bond acceptors (Lipinski definition) is 4. The molecule has 1 aromatic rings. The second-order valence-electron chi connectivity index (χ2n) is 3.40. The Hall–Kier alpha value is -0.700. The minimum absolute atomic E-state index is 0.00646. The van der Waals surface area contributed by atoms with E-state index in [1.165, 1.54) is 18.2 Å². The fourth-order valence-electron chi connectivity index (χ4n) is 1.08. The van der Waals surface area contributed by atoms with Crippen molar-refractivity contribution in [2.75, 3.05) is 25.6 Å². The van der Waals surface area contributed by atoms with E-state index in [4.69, 9.17) is 14.6 Å². The zero-order valence-electron chi connectivity index (χ0n) is 9.43. The molecule has 0 spiro atoms. The van der Waals surface area contributed by atoms with Gasteiger partial charge in [-0.3, -0.25) is 0 Å². The van der Waals surface area contributed by atoms with E-state index in [1.807, 2.05) is 0 Å². The topological polar surface area (TPSA) is 78.6 Å². The third-order valence-corrected chi connectivity index (χ3v) is 3.28. The maximum absolute atomic E-state index is 12.9.